The Morgan fingerprint density at radius 1 is 0.289 bits per heavy atom. The summed E-state index contributed by atoms with van der Waals surface area (Å²) < 4.78 is 30.8. The number of aromatic nitrogens is 8. The lowest BCUT2D eigenvalue weighted by molar-refractivity contribution is 0.00500. The van der Waals surface area contributed by atoms with Crippen molar-refractivity contribution in [2.24, 2.45) is 0 Å². The summed E-state index contributed by atoms with van der Waals surface area (Å²) in [6.45, 7) is 20.8. The van der Waals surface area contributed by atoms with Gasteiger partial charge in [0.2, 0.25) is 0 Å². The average Bonchev–Trinajstić information content (AvgIpc) is 1.67. The molecule has 8 N–H and O–H groups in total. The molecule has 0 aliphatic carbocycles. The topological polar surface area (TPSA) is 268 Å². The fourth-order valence-electron chi connectivity index (χ4n) is 13.7. The fourth-order valence-corrected chi connectivity index (χ4v) is 13.7. The van der Waals surface area contributed by atoms with Crippen molar-refractivity contribution in [2.45, 2.75) is 0 Å². The van der Waals surface area contributed by atoms with E-state index in [1.807, 2.05) is 24.3 Å². The highest BCUT2D eigenvalue weighted by atomic mass is 16.6. The molecular weight excluding hydrogens is 1230 g/mol. The largest absolute Gasteiger partial charge is 0.491 e. The van der Waals surface area contributed by atoms with Crippen LogP contribution >= 0.6 is 0 Å². The molecule has 0 bridgehead atoms. The van der Waals surface area contributed by atoms with Crippen molar-refractivity contribution in [3.63, 3.8) is 0 Å². The number of nitrogens with zero attached hydrogens (tertiary/aromatic N) is 12. The number of imidazole rings is 4. The number of hydrogen-bond acceptors (Lipinski definition) is 21. The van der Waals surface area contributed by atoms with Crippen LogP contribution in [-0.4, -0.2) is 290 Å². The van der Waals surface area contributed by atoms with Gasteiger partial charge in [-0.25, -0.2) is 19.9 Å². The third-order valence-electron chi connectivity index (χ3n) is 19.1. The van der Waals surface area contributed by atoms with Crippen molar-refractivity contribution in [1.82, 2.24) is 59.5 Å². The van der Waals surface area contributed by atoms with E-state index < -0.39 is 0 Å². The second-order valence-electron chi connectivity index (χ2n) is 25.4. The molecule has 8 heterocycles. The molecule has 0 amide bonds. The number of aliphatic hydroxyl groups is 4. The van der Waals surface area contributed by atoms with Gasteiger partial charge in [-0.15, -0.1) is 0 Å². The van der Waals surface area contributed by atoms with Gasteiger partial charge in [0.25, 0.3) is 0 Å². The smallest absolute Gasteiger partial charge is 0.138 e. The first-order valence-corrected chi connectivity index (χ1v) is 34.4. The molecule has 4 aliphatic heterocycles. The minimum absolute atomic E-state index is 0.173. The minimum Gasteiger partial charge on any atom is -0.491 e. The van der Waals surface area contributed by atoms with Gasteiger partial charge in [0.05, 0.1) is 110 Å². The van der Waals surface area contributed by atoms with E-state index in [1.54, 1.807) is 0 Å². The predicted molar refractivity (Wildman–Crippen MR) is 380 cm³/mol. The van der Waals surface area contributed by atoms with E-state index in [0.717, 1.165) is 217 Å². The third-order valence-corrected chi connectivity index (χ3v) is 19.1. The van der Waals surface area contributed by atoms with Crippen molar-refractivity contribution in [3.05, 3.63) is 109 Å². The molecule has 10 aromatic rings. The molecule has 14 rings (SSSR count). The third kappa shape index (κ3) is 16.1. The molecule has 0 radical (unpaired) electrons. The molecule has 97 heavy (non-hydrogen) atoms. The Morgan fingerprint density at radius 3 is 0.763 bits per heavy atom. The molecule has 25 nitrogen and oxygen atoms in total. The summed E-state index contributed by atoms with van der Waals surface area (Å²) in [6.07, 6.45) is 0. The summed E-state index contributed by atoms with van der Waals surface area (Å²) in [7, 11) is 0. The lowest BCUT2D eigenvalue weighted by Crippen LogP contribution is -2.47. The van der Waals surface area contributed by atoms with Gasteiger partial charge in [-0.3, -0.25) is 19.6 Å². The molecule has 4 saturated heterocycles. The Morgan fingerprint density at radius 2 is 0.526 bits per heavy atom. The molecule has 0 unspecified atom stereocenters. The first-order valence-electron chi connectivity index (χ1n) is 34.4. The number of H-pyrrole nitrogens is 4. The number of anilines is 4. The van der Waals surface area contributed by atoms with Gasteiger partial charge >= 0.3 is 0 Å². The van der Waals surface area contributed by atoms with E-state index in [2.05, 4.69) is 144 Å². The van der Waals surface area contributed by atoms with Crippen LogP contribution in [0.15, 0.2) is 109 Å². The molecule has 25 heteroatoms. The minimum atomic E-state index is 0.173. The van der Waals surface area contributed by atoms with Crippen LogP contribution in [0.3, 0.4) is 0 Å². The number of aromatic amines is 4. The Hall–Kier alpha value is -8.44. The molecule has 0 spiro atoms. The molecule has 4 aliphatic rings. The van der Waals surface area contributed by atoms with Crippen LogP contribution in [0.5, 0.6) is 11.5 Å². The van der Waals surface area contributed by atoms with E-state index in [1.165, 1.54) is 0 Å². The fraction of sp³-hybridized carbons (Fsp3) is 0.444. The van der Waals surface area contributed by atoms with Crippen LogP contribution in [0, 0.1) is 0 Å². The van der Waals surface area contributed by atoms with Gasteiger partial charge in [-0.05, 0) is 109 Å². The van der Waals surface area contributed by atoms with Crippen LogP contribution in [0.2, 0.25) is 0 Å². The van der Waals surface area contributed by atoms with E-state index in [9.17, 15) is 20.4 Å². The number of ether oxygens (including phenoxy) is 5. The van der Waals surface area contributed by atoms with Gasteiger partial charge in [0.15, 0.2) is 0 Å². The SMILES string of the molecule is OCCN1CCN(c2ccc3nc(-c4cc(OCCOCCOCCOCCOc5cc(-c6nc7ccc(N8CCN(CCO)CC8)cc7[nH]6)cc(-c6nc7ccc(N8CCN(CCO)CC8)cc7[nH]6)c5)cc(-c5nc6ccc(N7CCN(CCO)CC7)cc6[nH]5)c4)[nH]c3c2)CC1. The average molecular weight is 1320 g/mol. The zero-order chi connectivity index (χ0) is 65.9. The molecular formula is C72H90N16O9. The standard InChI is InChI=1S/C72H90N16O9/c89-29-25-81-9-17-85(18-10-81)55-1-5-61-65(47-55)77-69(73-61)51-41-52(70-74-62-6-2-56(48-66(62)78-70)86-19-11-82(12-20-86)26-30-90)44-59(43-51)96-39-37-94-35-33-93-34-36-95-38-40-97-60-45-53(71-75-63-7-3-57(49-67(63)79-71)87-21-13-83(14-22-87)27-31-91)42-54(46-60)72-76-64-8-4-58(50-68(64)80-72)88-23-15-84(16-24-88)28-32-92/h1-8,41-50,89-92H,9-40H2,(H,73,77)(H,74,78)(H,75,79)(H,76,80). The maximum atomic E-state index is 9.47. The second kappa shape index (κ2) is 31.4. The first kappa shape index (κ1) is 65.8. The molecule has 4 fully saturated rings. The summed E-state index contributed by atoms with van der Waals surface area (Å²) in [4.78, 5) is 53.4. The number of nitrogens with one attached hydrogen (secondary N) is 4. The van der Waals surface area contributed by atoms with Crippen LogP contribution < -0.4 is 29.1 Å². The summed E-state index contributed by atoms with van der Waals surface area (Å²) >= 11 is 0. The van der Waals surface area contributed by atoms with E-state index >= 15 is 0 Å². The summed E-state index contributed by atoms with van der Waals surface area (Å²) in [6, 6.07) is 37.8. The zero-order valence-electron chi connectivity index (χ0n) is 55.2. The monoisotopic (exact) mass is 1320 g/mol. The molecule has 512 valence electrons. The maximum absolute atomic E-state index is 9.47. The quantitative estimate of drug-likeness (QED) is 0.0246. The highest BCUT2D eigenvalue weighted by Gasteiger charge is 2.24. The maximum Gasteiger partial charge on any atom is 0.138 e. The Bertz CT molecular complexity index is 3690. The summed E-state index contributed by atoms with van der Waals surface area (Å²) in [5, 5.41) is 37.9. The predicted octanol–water partition coefficient (Wildman–Crippen LogP) is 5.82. The highest BCUT2D eigenvalue weighted by molar-refractivity contribution is 5.88. The van der Waals surface area contributed by atoms with Crippen LogP contribution in [0.25, 0.3) is 89.7 Å². The Labute approximate surface area is 564 Å². The summed E-state index contributed by atoms with van der Waals surface area (Å²) in [5.41, 5.74) is 15.3. The van der Waals surface area contributed by atoms with Gasteiger partial charge < -0.3 is 83.6 Å². The van der Waals surface area contributed by atoms with Gasteiger partial charge in [-0.2, -0.15) is 0 Å². The Balaban J connectivity index is 0.581. The highest BCUT2D eigenvalue weighted by Crippen LogP contribution is 2.36. The molecule has 0 saturated carbocycles. The lowest BCUT2D eigenvalue weighted by atomic mass is 10.1. The van der Waals surface area contributed by atoms with Crippen molar-refractivity contribution < 1.29 is 44.1 Å². The number of rotatable bonds is 30. The number of β-amino-alcohol motifs (C(OH)–C–C–N with tert-alkyl or cyclic N) is 4. The van der Waals surface area contributed by atoms with Crippen molar-refractivity contribution in [1.29, 1.82) is 0 Å². The van der Waals surface area contributed by atoms with E-state index in [4.69, 9.17) is 43.6 Å². The number of piperazine rings is 4. The van der Waals surface area contributed by atoms with Crippen LogP contribution in [0.1, 0.15) is 0 Å². The van der Waals surface area contributed by atoms with Crippen LogP contribution in [0.4, 0.5) is 22.7 Å². The van der Waals surface area contributed by atoms with Gasteiger partial charge in [0.1, 0.15) is 48.0 Å². The van der Waals surface area contributed by atoms with Gasteiger partial charge in [0, 0.05) is 176 Å². The first-order chi connectivity index (χ1) is 47.8. The van der Waals surface area contributed by atoms with E-state index in [0.29, 0.717) is 90.5 Å². The number of aliphatic hydroxyl groups excluding tert-OH is 4. The molecule has 0 atom stereocenters. The number of benzene rings is 6. The number of hydrogen-bond donors (Lipinski definition) is 8. The molecule has 6 aromatic carbocycles. The normalized spacial score (nSPS) is 16.5. The Kier molecular flexibility index (Phi) is 21.3. The van der Waals surface area contributed by atoms with Gasteiger partial charge in [-0.1, -0.05) is 0 Å². The summed E-state index contributed by atoms with van der Waals surface area (Å²) in [5.74, 6) is 4.22. The van der Waals surface area contributed by atoms with Crippen LogP contribution in [-0.2, 0) is 14.2 Å². The zero-order valence-corrected chi connectivity index (χ0v) is 55.2. The van der Waals surface area contributed by atoms with Crippen molar-refractivity contribution in [2.75, 3.05) is 230 Å². The number of fused-ring (bicyclic) bond motifs is 4. The van der Waals surface area contributed by atoms with E-state index in [-0.39, 0.29) is 26.4 Å². The van der Waals surface area contributed by atoms with Crippen molar-refractivity contribution >= 4 is 66.9 Å². The van der Waals surface area contributed by atoms with Crippen molar-refractivity contribution in [3.8, 4) is 57.1 Å². The molecule has 4 aromatic heterocycles. The lowest BCUT2D eigenvalue weighted by Gasteiger charge is -2.35. The second-order valence-corrected chi connectivity index (χ2v) is 25.4.